The van der Waals surface area contributed by atoms with Crippen molar-refractivity contribution in [2.75, 3.05) is 9.80 Å². The van der Waals surface area contributed by atoms with Crippen molar-refractivity contribution in [1.29, 1.82) is 0 Å². The molecule has 2 heterocycles. The van der Waals surface area contributed by atoms with E-state index >= 15 is 0 Å². The lowest BCUT2D eigenvalue weighted by Crippen LogP contribution is -2.11. The molecule has 0 amide bonds. The summed E-state index contributed by atoms with van der Waals surface area (Å²) in [5.41, 5.74) is 13.9. The first-order valence-corrected chi connectivity index (χ1v) is 16.0. The van der Waals surface area contributed by atoms with Crippen molar-refractivity contribution in [3.63, 3.8) is 0 Å². The van der Waals surface area contributed by atoms with Gasteiger partial charge in [0.05, 0.1) is 22.6 Å². The molecule has 0 aliphatic carbocycles. The first kappa shape index (κ1) is 27.0. The predicted octanol–water partition coefficient (Wildman–Crippen LogP) is 12.2. The van der Waals surface area contributed by atoms with Crippen molar-refractivity contribution in [3.05, 3.63) is 188 Å². The molecule has 0 fully saturated rings. The van der Waals surface area contributed by atoms with E-state index < -0.39 is 0 Å². The fourth-order valence-corrected chi connectivity index (χ4v) is 7.13. The number of aromatic nitrogens is 1. The number of hydrogen-bond donors (Lipinski definition) is 0. The van der Waals surface area contributed by atoms with Crippen LogP contribution in [0.3, 0.4) is 0 Å². The molecule has 47 heavy (non-hydrogen) atoms. The van der Waals surface area contributed by atoms with E-state index in [1.54, 1.807) is 0 Å². The Morgan fingerprint density at radius 1 is 0.383 bits per heavy atom. The molecule has 9 rings (SSSR count). The van der Waals surface area contributed by atoms with E-state index in [1.807, 2.05) is 0 Å². The van der Waals surface area contributed by atoms with Crippen molar-refractivity contribution in [3.8, 4) is 28.1 Å². The summed E-state index contributed by atoms with van der Waals surface area (Å²) in [6.45, 7) is 0. The van der Waals surface area contributed by atoms with Crippen LogP contribution < -0.4 is 9.80 Å². The second kappa shape index (κ2) is 11.2. The minimum atomic E-state index is 1.11. The zero-order valence-corrected chi connectivity index (χ0v) is 25.7. The summed E-state index contributed by atoms with van der Waals surface area (Å²) in [6, 6.07) is 67.4. The molecule has 0 atom stereocenters. The highest BCUT2D eigenvalue weighted by atomic mass is 15.2. The van der Waals surface area contributed by atoms with Crippen molar-refractivity contribution >= 4 is 45.0 Å². The van der Waals surface area contributed by atoms with Gasteiger partial charge in [0.2, 0.25) is 0 Å². The summed E-state index contributed by atoms with van der Waals surface area (Å²) in [6.07, 6.45) is 0. The molecule has 8 aromatic rings. The third kappa shape index (κ3) is 4.44. The van der Waals surface area contributed by atoms with E-state index in [9.17, 15) is 0 Å². The van der Waals surface area contributed by atoms with Gasteiger partial charge in [-0.3, -0.25) is 0 Å². The van der Waals surface area contributed by atoms with Gasteiger partial charge in [-0.15, -0.1) is 0 Å². The largest absolute Gasteiger partial charge is 0.310 e. The maximum absolute atomic E-state index is 2.45. The Labute approximate surface area is 274 Å². The first-order chi connectivity index (χ1) is 23.4. The van der Waals surface area contributed by atoms with Crippen LogP contribution in [0.4, 0.5) is 34.1 Å². The van der Waals surface area contributed by atoms with Gasteiger partial charge >= 0.3 is 0 Å². The average molecular weight is 602 g/mol. The van der Waals surface area contributed by atoms with E-state index in [0.717, 1.165) is 39.8 Å². The minimum Gasteiger partial charge on any atom is -0.310 e. The van der Waals surface area contributed by atoms with Crippen molar-refractivity contribution < 1.29 is 0 Å². The monoisotopic (exact) mass is 601 g/mol. The molecule has 0 saturated carbocycles. The lowest BCUT2D eigenvalue weighted by atomic mass is 9.97. The van der Waals surface area contributed by atoms with Crippen LogP contribution in [-0.2, 0) is 0 Å². The summed E-state index contributed by atoms with van der Waals surface area (Å²) in [5, 5.41) is 1.20. The van der Waals surface area contributed by atoms with Gasteiger partial charge in [0, 0.05) is 50.5 Å². The fraction of sp³-hybridized carbons (Fsp3) is 0. The van der Waals surface area contributed by atoms with E-state index in [0.29, 0.717) is 0 Å². The molecule has 3 nitrogen and oxygen atoms in total. The molecule has 0 bridgehead atoms. The van der Waals surface area contributed by atoms with Gasteiger partial charge in [-0.2, -0.15) is 0 Å². The Balaban J connectivity index is 1.41. The maximum atomic E-state index is 2.45. The van der Waals surface area contributed by atoms with E-state index in [2.05, 4.69) is 202 Å². The standard InChI is InChI=1S/C44H31N3/c1-5-17-32(18-6-1)45(33-19-7-2-8-20-33)36-29-30-42-39(31-36)43-37-25-13-15-27-40(37)46(34-21-9-3-10-22-34)41-28-16-14-26-38(41)44(43)47(42)35-23-11-4-12-24-35/h1-31H. The number of anilines is 6. The van der Waals surface area contributed by atoms with Gasteiger partial charge in [0.15, 0.2) is 0 Å². The van der Waals surface area contributed by atoms with Crippen LogP contribution in [0.15, 0.2) is 188 Å². The summed E-state index contributed by atoms with van der Waals surface area (Å²) in [5.74, 6) is 0. The number of nitrogens with zero attached hydrogens (tertiary/aromatic N) is 3. The fourth-order valence-electron chi connectivity index (χ4n) is 7.13. The second-order valence-electron chi connectivity index (χ2n) is 11.8. The second-order valence-corrected chi connectivity index (χ2v) is 11.8. The highest BCUT2D eigenvalue weighted by Crippen LogP contribution is 2.54. The maximum Gasteiger partial charge on any atom is 0.0641 e. The quantitative estimate of drug-likeness (QED) is 0.194. The van der Waals surface area contributed by atoms with Crippen LogP contribution in [0.2, 0.25) is 0 Å². The molecule has 0 spiro atoms. The minimum absolute atomic E-state index is 1.11. The Morgan fingerprint density at radius 2 is 0.872 bits per heavy atom. The lowest BCUT2D eigenvalue weighted by molar-refractivity contribution is 1.13. The van der Waals surface area contributed by atoms with Crippen LogP contribution >= 0.6 is 0 Å². The van der Waals surface area contributed by atoms with Gasteiger partial charge < -0.3 is 14.4 Å². The zero-order chi connectivity index (χ0) is 31.2. The van der Waals surface area contributed by atoms with Crippen molar-refractivity contribution in [1.82, 2.24) is 4.57 Å². The third-order valence-electron chi connectivity index (χ3n) is 9.08. The molecule has 1 aliphatic heterocycles. The van der Waals surface area contributed by atoms with Crippen LogP contribution in [0, 0.1) is 0 Å². The van der Waals surface area contributed by atoms with Gasteiger partial charge in [0.25, 0.3) is 0 Å². The van der Waals surface area contributed by atoms with Crippen molar-refractivity contribution in [2.45, 2.75) is 0 Å². The Bertz CT molecular complexity index is 2300. The third-order valence-corrected chi connectivity index (χ3v) is 9.08. The van der Waals surface area contributed by atoms with E-state index in [-0.39, 0.29) is 0 Å². The zero-order valence-electron chi connectivity index (χ0n) is 25.7. The SMILES string of the molecule is c1ccc(N(c2ccccc2)c2ccc3c(c2)c2c(n3-c3ccccc3)-c3ccccc3N(c3ccccc3)c3ccccc3-2)cc1. The average Bonchev–Trinajstić information content (AvgIpc) is 3.42. The van der Waals surface area contributed by atoms with Crippen molar-refractivity contribution in [2.24, 2.45) is 0 Å². The summed E-state index contributed by atoms with van der Waals surface area (Å²) < 4.78 is 2.45. The number of benzene rings is 7. The Hall–Kier alpha value is -6.32. The lowest BCUT2D eigenvalue weighted by Gasteiger charge is -2.27. The molecule has 1 aliphatic rings. The molecule has 0 unspecified atom stereocenters. The summed E-state index contributed by atoms with van der Waals surface area (Å²) in [4.78, 5) is 4.76. The van der Waals surface area contributed by atoms with Crippen LogP contribution in [0.25, 0.3) is 39.0 Å². The molecule has 222 valence electrons. The molecule has 1 aromatic heterocycles. The molecule has 7 aromatic carbocycles. The number of fused-ring (bicyclic) bond motifs is 7. The number of hydrogen-bond acceptors (Lipinski definition) is 2. The van der Waals surface area contributed by atoms with Gasteiger partial charge in [-0.05, 0) is 78.9 Å². The molecule has 0 radical (unpaired) electrons. The van der Waals surface area contributed by atoms with Gasteiger partial charge in [-0.1, -0.05) is 109 Å². The van der Waals surface area contributed by atoms with Gasteiger partial charge in [0.1, 0.15) is 0 Å². The van der Waals surface area contributed by atoms with Gasteiger partial charge in [-0.25, -0.2) is 0 Å². The molecule has 3 heteroatoms. The van der Waals surface area contributed by atoms with E-state index in [4.69, 9.17) is 0 Å². The predicted molar refractivity (Wildman–Crippen MR) is 197 cm³/mol. The smallest absolute Gasteiger partial charge is 0.0641 e. The first-order valence-electron chi connectivity index (χ1n) is 16.0. The topological polar surface area (TPSA) is 11.4 Å². The molecule has 0 saturated heterocycles. The molecular formula is C44H31N3. The number of rotatable bonds is 5. The summed E-state index contributed by atoms with van der Waals surface area (Å²) >= 11 is 0. The van der Waals surface area contributed by atoms with Crippen LogP contribution in [0.1, 0.15) is 0 Å². The highest BCUT2D eigenvalue weighted by Gasteiger charge is 2.31. The normalized spacial score (nSPS) is 11.8. The summed E-state index contributed by atoms with van der Waals surface area (Å²) in [7, 11) is 0. The van der Waals surface area contributed by atoms with Crippen LogP contribution in [0.5, 0.6) is 0 Å². The highest BCUT2D eigenvalue weighted by molar-refractivity contribution is 6.13. The Morgan fingerprint density at radius 3 is 1.49 bits per heavy atom. The number of para-hydroxylation sites is 6. The van der Waals surface area contributed by atoms with E-state index in [1.165, 1.54) is 33.3 Å². The Kier molecular flexibility index (Phi) is 6.46. The van der Waals surface area contributed by atoms with Crippen LogP contribution in [-0.4, -0.2) is 4.57 Å². The molecular weight excluding hydrogens is 571 g/mol. The molecule has 0 N–H and O–H groups in total.